The van der Waals surface area contributed by atoms with Gasteiger partial charge in [0.1, 0.15) is 17.3 Å². The van der Waals surface area contributed by atoms with Gasteiger partial charge in [-0.25, -0.2) is 9.18 Å². The van der Waals surface area contributed by atoms with Crippen LogP contribution in [0.2, 0.25) is 0 Å². The van der Waals surface area contributed by atoms with Gasteiger partial charge in [0.2, 0.25) is 0 Å². The molecule has 0 unspecified atom stereocenters. The van der Waals surface area contributed by atoms with Crippen LogP contribution in [0.25, 0.3) is 0 Å². The fourth-order valence-electron chi connectivity index (χ4n) is 2.79. The molecular weight excluding hydrogens is 425 g/mol. The number of carbonyl (C=O) groups excluding carboxylic acids is 2. The van der Waals surface area contributed by atoms with E-state index in [4.69, 9.17) is 9.47 Å². The van der Waals surface area contributed by atoms with E-state index in [1.54, 1.807) is 12.1 Å². The summed E-state index contributed by atoms with van der Waals surface area (Å²) in [5.74, 6) is -1.44. The number of hydrogen-bond donors (Lipinski definition) is 0. The molecule has 0 bridgehead atoms. The molecule has 0 aromatic heterocycles. The molecule has 8 heteroatoms. The molecule has 0 fully saturated rings. The van der Waals surface area contributed by atoms with Crippen molar-refractivity contribution in [3.63, 3.8) is 0 Å². The number of nitrogens with zero attached hydrogens (tertiary/aromatic N) is 3. The number of benzene rings is 3. The van der Waals surface area contributed by atoms with Gasteiger partial charge in [-0.05, 0) is 67.1 Å². The number of halogens is 1. The maximum Gasteiger partial charge on any atom is 0.346 e. The standard InChI is InChI=1S/C25H24FN3O4/c1-4-5-24(30)32-20-11-13-21(14-12-20)33-25(31)22-15-8-18(16-23(22)26)28-27-17-6-9-19(10-7-17)29(2)3/h6-16H,4-5H2,1-3H3. The third kappa shape index (κ3) is 6.70. The molecule has 0 saturated carbocycles. The average Bonchev–Trinajstić information content (AvgIpc) is 2.79. The van der Waals surface area contributed by atoms with Crippen LogP contribution < -0.4 is 14.4 Å². The van der Waals surface area contributed by atoms with Crippen molar-refractivity contribution < 1.29 is 23.5 Å². The molecule has 0 N–H and O–H groups in total. The minimum absolute atomic E-state index is 0.194. The highest BCUT2D eigenvalue weighted by Crippen LogP contribution is 2.24. The van der Waals surface area contributed by atoms with Gasteiger partial charge in [0, 0.05) is 32.3 Å². The van der Waals surface area contributed by atoms with Gasteiger partial charge >= 0.3 is 11.9 Å². The van der Waals surface area contributed by atoms with E-state index in [2.05, 4.69) is 10.2 Å². The summed E-state index contributed by atoms with van der Waals surface area (Å²) in [5.41, 5.74) is 1.67. The predicted octanol–water partition coefficient (Wildman–Crippen LogP) is 6.23. The number of carbonyl (C=O) groups is 2. The molecule has 3 rings (SSSR count). The van der Waals surface area contributed by atoms with E-state index in [1.807, 2.05) is 38.1 Å². The largest absolute Gasteiger partial charge is 0.427 e. The second kappa shape index (κ2) is 11.0. The minimum Gasteiger partial charge on any atom is -0.427 e. The van der Waals surface area contributed by atoms with E-state index in [0.29, 0.717) is 24.3 Å². The summed E-state index contributed by atoms with van der Waals surface area (Å²) in [6, 6.07) is 17.2. The summed E-state index contributed by atoms with van der Waals surface area (Å²) >= 11 is 0. The van der Waals surface area contributed by atoms with Crippen LogP contribution in [0.3, 0.4) is 0 Å². The lowest BCUT2D eigenvalue weighted by Crippen LogP contribution is -2.10. The van der Waals surface area contributed by atoms with Gasteiger partial charge in [0.25, 0.3) is 0 Å². The molecule has 0 aliphatic heterocycles. The molecule has 170 valence electrons. The summed E-state index contributed by atoms with van der Waals surface area (Å²) in [5, 5.41) is 8.11. The van der Waals surface area contributed by atoms with Crippen molar-refractivity contribution in [2.24, 2.45) is 10.2 Å². The molecule has 0 spiro atoms. The number of anilines is 1. The molecule has 0 aliphatic rings. The molecule has 0 heterocycles. The van der Waals surface area contributed by atoms with E-state index in [0.717, 1.165) is 11.8 Å². The Morgan fingerprint density at radius 3 is 2.00 bits per heavy atom. The van der Waals surface area contributed by atoms with Crippen LogP contribution in [0, 0.1) is 5.82 Å². The van der Waals surface area contributed by atoms with Crippen molar-refractivity contribution in [1.82, 2.24) is 0 Å². The fourth-order valence-corrected chi connectivity index (χ4v) is 2.79. The molecule has 0 amide bonds. The van der Waals surface area contributed by atoms with Crippen molar-refractivity contribution in [1.29, 1.82) is 0 Å². The molecule has 7 nitrogen and oxygen atoms in total. The summed E-state index contributed by atoms with van der Waals surface area (Å²) in [4.78, 5) is 25.8. The Labute approximate surface area is 191 Å². The van der Waals surface area contributed by atoms with E-state index in [-0.39, 0.29) is 23.0 Å². The van der Waals surface area contributed by atoms with Crippen LogP contribution in [-0.4, -0.2) is 26.0 Å². The van der Waals surface area contributed by atoms with Crippen molar-refractivity contribution in [2.75, 3.05) is 19.0 Å². The zero-order valence-electron chi connectivity index (χ0n) is 18.6. The Kier molecular flexibility index (Phi) is 7.86. The molecule has 33 heavy (non-hydrogen) atoms. The van der Waals surface area contributed by atoms with E-state index >= 15 is 0 Å². The highest BCUT2D eigenvalue weighted by Gasteiger charge is 2.15. The minimum atomic E-state index is -0.856. The summed E-state index contributed by atoms with van der Waals surface area (Å²) in [7, 11) is 3.87. The topological polar surface area (TPSA) is 80.6 Å². The highest BCUT2D eigenvalue weighted by molar-refractivity contribution is 5.91. The van der Waals surface area contributed by atoms with Crippen LogP contribution >= 0.6 is 0 Å². The van der Waals surface area contributed by atoms with Crippen LogP contribution in [0.1, 0.15) is 30.1 Å². The second-order valence-electron chi connectivity index (χ2n) is 7.36. The first-order valence-corrected chi connectivity index (χ1v) is 10.4. The van der Waals surface area contributed by atoms with Crippen LogP contribution in [0.5, 0.6) is 11.5 Å². The molecule has 3 aromatic rings. The first kappa shape index (κ1) is 23.6. The zero-order valence-corrected chi connectivity index (χ0v) is 18.6. The normalized spacial score (nSPS) is 10.8. The van der Waals surface area contributed by atoms with E-state index in [1.165, 1.54) is 36.4 Å². The number of azo groups is 1. The Morgan fingerprint density at radius 1 is 0.848 bits per heavy atom. The van der Waals surface area contributed by atoms with Gasteiger partial charge in [0.05, 0.1) is 16.9 Å². The lowest BCUT2D eigenvalue weighted by atomic mass is 10.2. The lowest BCUT2D eigenvalue weighted by Gasteiger charge is -2.11. The quantitative estimate of drug-likeness (QED) is 0.231. The first-order chi connectivity index (χ1) is 15.9. The van der Waals surface area contributed by atoms with Gasteiger partial charge in [-0.2, -0.15) is 10.2 Å². The number of rotatable bonds is 8. The molecule has 0 radical (unpaired) electrons. The Bertz CT molecular complexity index is 1140. The van der Waals surface area contributed by atoms with Gasteiger partial charge < -0.3 is 14.4 Å². The monoisotopic (exact) mass is 449 g/mol. The Balaban J connectivity index is 1.63. The predicted molar refractivity (Wildman–Crippen MR) is 123 cm³/mol. The molecular formula is C25H24FN3O4. The van der Waals surface area contributed by atoms with Gasteiger partial charge in [-0.3, -0.25) is 4.79 Å². The SMILES string of the molecule is CCCC(=O)Oc1ccc(OC(=O)c2ccc(N=Nc3ccc(N(C)C)cc3)cc2F)cc1. The van der Waals surface area contributed by atoms with E-state index in [9.17, 15) is 14.0 Å². The third-order valence-corrected chi connectivity index (χ3v) is 4.54. The number of esters is 2. The Hall–Kier alpha value is -4.07. The second-order valence-corrected chi connectivity index (χ2v) is 7.36. The molecule has 0 aliphatic carbocycles. The van der Waals surface area contributed by atoms with Gasteiger partial charge in [-0.15, -0.1) is 0 Å². The van der Waals surface area contributed by atoms with Crippen molar-refractivity contribution in [3.8, 4) is 11.5 Å². The summed E-state index contributed by atoms with van der Waals surface area (Å²) < 4.78 is 24.8. The van der Waals surface area contributed by atoms with Gasteiger partial charge in [-0.1, -0.05) is 6.92 Å². The average molecular weight is 449 g/mol. The van der Waals surface area contributed by atoms with Crippen LogP contribution in [-0.2, 0) is 4.79 Å². The Morgan fingerprint density at radius 2 is 1.42 bits per heavy atom. The molecule has 3 aromatic carbocycles. The van der Waals surface area contributed by atoms with Crippen LogP contribution in [0.4, 0.5) is 21.5 Å². The van der Waals surface area contributed by atoms with Crippen LogP contribution in [0.15, 0.2) is 77.0 Å². The maximum absolute atomic E-state index is 14.5. The number of ether oxygens (including phenoxy) is 2. The maximum atomic E-state index is 14.5. The molecule has 0 atom stereocenters. The fraction of sp³-hybridized carbons (Fsp3) is 0.200. The first-order valence-electron chi connectivity index (χ1n) is 10.4. The number of hydrogen-bond acceptors (Lipinski definition) is 7. The smallest absolute Gasteiger partial charge is 0.346 e. The van der Waals surface area contributed by atoms with Crippen molar-refractivity contribution in [2.45, 2.75) is 19.8 Å². The van der Waals surface area contributed by atoms with Gasteiger partial charge in [0.15, 0.2) is 0 Å². The van der Waals surface area contributed by atoms with Crippen molar-refractivity contribution >= 4 is 29.0 Å². The highest BCUT2D eigenvalue weighted by atomic mass is 19.1. The van der Waals surface area contributed by atoms with E-state index < -0.39 is 11.8 Å². The zero-order chi connectivity index (χ0) is 23.8. The molecule has 0 saturated heterocycles. The third-order valence-electron chi connectivity index (χ3n) is 4.54. The van der Waals surface area contributed by atoms with Crippen molar-refractivity contribution in [3.05, 3.63) is 78.1 Å². The summed E-state index contributed by atoms with van der Waals surface area (Å²) in [6.45, 7) is 1.88. The lowest BCUT2D eigenvalue weighted by molar-refractivity contribution is -0.134. The summed E-state index contributed by atoms with van der Waals surface area (Å²) in [6.07, 6.45) is 0.998.